The Bertz CT molecular complexity index is 915. The number of halogens is 1. The second-order valence-corrected chi connectivity index (χ2v) is 7.12. The molecule has 1 aliphatic carbocycles. The van der Waals surface area contributed by atoms with E-state index in [1.54, 1.807) is 0 Å². The molecule has 0 bridgehead atoms. The molecular formula is C18H18ClN5. The van der Waals surface area contributed by atoms with E-state index < -0.39 is 0 Å². The molecule has 3 heterocycles. The van der Waals surface area contributed by atoms with Gasteiger partial charge in [0.05, 0.1) is 12.1 Å². The van der Waals surface area contributed by atoms with Gasteiger partial charge in [-0.25, -0.2) is 0 Å². The van der Waals surface area contributed by atoms with Crippen LogP contribution < -0.4 is 0 Å². The molecule has 0 amide bonds. The Balaban J connectivity index is 1.42. The lowest BCUT2D eigenvalue weighted by atomic mass is 10.1. The first kappa shape index (κ1) is 14.4. The van der Waals surface area contributed by atoms with Gasteiger partial charge in [0.2, 0.25) is 0 Å². The average Bonchev–Trinajstić information content (AvgIpc) is 3.37. The van der Waals surface area contributed by atoms with Crippen LogP contribution in [0.3, 0.4) is 0 Å². The summed E-state index contributed by atoms with van der Waals surface area (Å²) < 4.78 is 2.33. The van der Waals surface area contributed by atoms with Crippen LogP contribution in [0.15, 0.2) is 30.5 Å². The third-order valence-corrected chi connectivity index (χ3v) is 5.33. The maximum atomic E-state index is 6.30. The van der Waals surface area contributed by atoms with E-state index in [9.17, 15) is 0 Å². The minimum absolute atomic E-state index is 0.655. The Kier molecular flexibility index (Phi) is 3.31. The number of pyridine rings is 1. The van der Waals surface area contributed by atoms with E-state index in [1.165, 1.54) is 24.2 Å². The Morgan fingerprint density at radius 3 is 2.92 bits per heavy atom. The fraction of sp³-hybridized carbons (Fsp3) is 0.389. The molecule has 0 spiro atoms. The summed E-state index contributed by atoms with van der Waals surface area (Å²) in [5, 5.41) is 10.6. The van der Waals surface area contributed by atoms with Gasteiger partial charge in [0.1, 0.15) is 11.6 Å². The van der Waals surface area contributed by atoms with E-state index in [2.05, 4.69) is 30.7 Å². The summed E-state index contributed by atoms with van der Waals surface area (Å²) in [5.41, 5.74) is 2.21. The van der Waals surface area contributed by atoms with Crippen LogP contribution in [0, 0.1) is 0 Å². The zero-order chi connectivity index (χ0) is 16.1. The maximum absolute atomic E-state index is 6.30. The average molecular weight is 340 g/mol. The summed E-state index contributed by atoms with van der Waals surface area (Å²) in [7, 11) is 0. The Morgan fingerprint density at radius 1 is 1.12 bits per heavy atom. The van der Waals surface area contributed by atoms with Crippen LogP contribution in [0.5, 0.6) is 0 Å². The van der Waals surface area contributed by atoms with Crippen molar-refractivity contribution in [1.82, 2.24) is 24.6 Å². The first-order chi connectivity index (χ1) is 11.8. The van der Waals surface area contributed by atoms with Crippen molar-refractivity contribution in [3.63, 3.8) is 0 Å². The zero-order valence-electron chi connectivity index (χ0n) is 13.3. The van der Waals surface area contributed by atoms with Crippen LogP contribution in [0.1, 0.15) is 36.0 Å². The quantitative estimate of drug-likeness (QED) is 0.734. The van der Waals surface area contributed by atoms with Crippen molar-refractivity contribution >= 4 is 22.5 Å². The molecule has 122 valence electrons. The lowest BCUT2D eigenvalue weighted by molar-refractivity contribution is 0.208. The van der Waals surface area contributed by atoms with E-state index in [1.807, 2.05) is 24.4 Å². The third kappa shape index (κ3) is 2.39. The first-order valence-corrected chi connectivity index (χ1v) is 8.84. The summed E-state index contributed by atoms with van der Waals surface area (Å²) in [6.45, 7) is 3.70. The van der Waals surface area contributed by atoms with Crippen molar-refractivity contribution in [1.29, 1.82) is 0 Å². The summed E-state index contributed by atoms with van der Waals surface area (Å²) >= 11 is 6.30. The van der Waals surface area contributed by atoms with Crippen LogP contribution in [-0.2, 0) is 19.6 Å². The fourth-order valence-corrected chi connectivity index (χ4v) is 3.79. The minimum atomic E-state index is 0.655. The highest BCUT2D eigenvalue weighted by molar-refractivity contribution is 6.35. The molecule has 5 rings (SSSR count). The highest BCUT2D eigenvalue weighted by Crippen LogP contribution is 2.39. The van der Waals surface area contributed by atoms with Gasteiger partial charge in [0.15, 0.2) is 0 Å². The molecule has 3 aromatic rings. The van der Waals surface area contributed by atoms with Crippen molar-refractivity contribution in [2.45, 2.75) is 38.4 Å². The minimum Gasteiger partial charge on any atom is -0.312 e. The lowest BCUT2D eigenvalue weighted by Crippen LogP contribution is -2.34. The molecule has 1 fully saturated rings. The zero-order valence-corrected chi connectivity index (χ0v) is 14.1. The van der Waals surface area contributed by atoms with Crippen LogP contribution in [0.4, 0.5) is 0 Å². The second-order valence-electron chi connectivity index (χ2n) is 6.72. The molecule has 0 N–H and O–H groups in total. The van der Waals surface area contributed by atoms with Gasteiger partial charge in [-0.3, -0.25) is 9.88 Å². The van der Waals surface area contributed by atoms with E-state index in [0.29, 0.717) is 5.92 Å². The van der Waals surface area contributed by atoms with Gasteiger partial charge in [-0.1, -0.05) is 17.7 Å². The number of rotatable bonds is 3. The topological polar surface area (TPSA) is 46.8 Å². The van der Waals surface area contributed by atoms with Crippen molar-refractivity contribution in [3.8, 4) is 0 Å². The molecule has 24 heavy (non-hydrogen) atoms. The predicted molar refractivity (Wildman–Crippen MR) is 92.9 cm³/mol. The molecule has 0 radical (unpaired) electrons. The van der Waals surface area contributed by atoms with Crippen molar-refractivity contribution in [2.75, 3.05) is 6.54 Å². The Morgan fingerprint density at radius 2 is 2.04 bits per heavy atom. The molecule has 0 atom stereocenters. The van der Waals surface area contributed by atoms with E-state index in [0.717, 1.165) is 47.9 Å². The van der Waals surface area contributed by atoms with Crippen LogP contribution in [0.25, 0.3) is 10.9 Å². The molecule has 0 saturated heterocycles. The van der Waals surface area contributed by atoms with E-state index in [4.69, 9.17) is 11.6 Å². The predicted octanol–water partition coefficient (Wildman–Crippen LogP) is 3.37. The normalized spacial score (nSPS) is 18.0. The molecule has 5 nitrogen and oxygen atoms in total. The summed E-state index contributed by atoms with van der Waals surface area (Å²) in [6.07, 6.45) is 4.37. The highest BCUT2D eigenvalue weighted by atomic mass is 35.5. The fourth-order valence-electron chi connectivity index (χ4n) is 3.57. The third-order valence-electron chi connectivity index (χ3n) is 5.00. The second kappa shape index (κ2) is 5.53. The highest BCUT2D eigenvalue weighted by Gasteiger charge is 2.32. The number of fused-ring (bicyclic) bond motifs is 2. The Labute approximate surface area is 145 Å². The number of hydrogen-bond donors (Lipinski definition) is 0. The van der Waals surface area contributed by atoms with Gasteiger partial charge < -0.3 is 4.57 Å². The van der Waals surface area contributed by atoms with E-state index in [-0.39, 0.29) is 0 Å². The molecule has 2 aromatic heterocycles. The number of nitrogens with zero attached hydrogens (tertiary/aromatic N) is 5. The SMILES string of the molecule is Clc1ccc(CN2CCn3c(nnc3C3CC3)C2)c2ncccc12. The largest absolute Gasteiger partial charge is 0.312 e. The van der Waals surface area contributed by atoms with Gasteiger partial charge in [0, 0.05) is 42.2 Å². The summed E-state index contributed by atoms with van der Waals surface area (Å²) in [5.74, 6) is 2.94. The summed E-state index contributed by atoms with van der Waals surface area (Å²) in [4.78, 5) is 6.96. The molecule has 6 heteroatoms. The van der Waals surface area contributed by atoms with Crippen molar-refractivity contribution < 1.29 is 0 Å². The summed E-state index contributed by atoms with van der Waals surface area (Å²) in [6, 6.07) is 8.02. The van der Waals surface area contributed by atoms with Crippen LogP contribution in [-0.4, -0.2) is 31.2 Å². The number of hydrogen-bond acceptors (Lipinski definition) is 4. The van der Waals surface area contributed by atoms with Gasteiger partial charge in [-0.2, -0.15) is 0 Å². The van der Waals surface area contributed by atoms with Crippen LogP contribution >= 0.6 is 11.6 Å². The molecular weight excluding hydrogens is 322 g/mol. The van der Waals surface area contributed by atoms with Gasteiger partial charge in [0.25, 0.3) is 0 Å². The first-order valence-electron chi connectivity index (χ1n) is 8.46. The lowest BCUT2D eigenvalue weighted by Gasteiger charge is -2.28. The van der Waals surface area contributed by atoms with Gasteiger partial charge >= 0.3 is 0 Å². The Hall–Kier alpha value is -1.98. The number of aromatic nitrogens is 4. The monoisotopic (exact) mass is 339 g/mol. The van der Waals surface area contributed by atoms with Gasteiger partial charge in [-0.05, 0) is 36.6 Å². The molecule has 1 aliphatic heterocycles. The van der Waals surface area contributed by atoms with E-state index >= 15 is 0 Å². The van der Waals surface area contributed by atoms with Crippen molar-refractivity contribution in [3.05, 3.63) is 52.7 Å². The maximum Gasteiger partial charge on any atom is 0.147 e. The van der Waals surface area contributed by atoms with Crippen LogP contribution in [0.2, 0.25) is 5.02 Å². The van der Waals surface area contributed by atoms with Crippen molar-refractivity contribution in [2.24, 2.45) is 0 Å². The van der Waals surface area contributed by atoms with Gasteiger partial charge in [-0.15, -0.1) is 10.2 Å². The number of benzene rings is 1. The smallest absolute Gasteiger partial charge is 0.147 e. The molecule has 1 saturated carbocycles. The molecule has 2 aliphatic rings. The molecule has 1 aromatic carbocycles. The molecule has 0 unspecified atom stereocenters. The standard InChI is InChI=1S/C18H18ClN5/c19-15-6-5-13(17-14(15)2-1-7-20-17)10-23-8-9-24-16(11-23)21-22-18(24)12-3-4-12/h1-2,5-7,12H,3-4,8-11H2.